The molecule has 0 aromatic heterocycles. The Bertz CT molecular complexity index is 562. The molecule has 1 amide bonds. The SMILES string of the molecule is O=C(NC1CCC(C(=O)O)CC1)c1ccc(C2SCCS2)cc1. The molecule has 1 heterocycles. The van der Waals surface area contributed by atoms with Crippen LogP contribution in [0.1, 0.15) is 46.2 Å². The third kappa shape index (κ3) is 4.23. The van der Waals surface area contributed by atoms with Crippen molar-refractivity contribution in [2.24, 2.45) is 5.92 Å². The number of aliphatic carboxylic acids is 1. The zero-order valence-electron chi connectivity index (χ0n) is 12.9. The van der Waals surface area contributed by atoms with E-state index in [9.17, 15) is 9.59 Å². The first kappa shape index (κ1) is 16.7. The van der Waals surface area contributed by atoms with Crippen molar-refractivity contribution in [3.63, 3.8) is 0 Å². The van der Waals surface area contributed by atoms with Crippen LogP contribution in [0.2, 0.25) is 0 Å². The van der Waals surface area contributed by atoms with Crippen molar-refractivity contribution in [3.05, 3.63) is 35.4 Å². The van der Waals surface area contributed by atoms with Gasteiger partial charge in [-0.25, -0.2) is 0 Å². The highest BCUT2D eigenvalue weighted by atomic mass is 32.2. The van der Waals surface area contributed by atoms with Gasteiger partial charge in [-0.1, -0.05) is 12.1 Å². The number of carboxylic acid groups (broad SMARTS) is 1. The van der Waals surface area contributed by atoms with E-state index in [4.69, 9.17) is 5.11 Å². The van der Waals surface area contributed by atoms with E-state index >= 15 is 0 Å². The molecule has 1 aromatic carbocycles. The molecule has 0 unspecified atom stereocenters. The van der Waals surface area contributed by atoms with E-state index in [0.717, 1.165) is 12.8 Å². The molecule has 2 fully saturated rings. The number of hydrogen-bond acceptors (Lipinski definition) is 4. The maximum Gasteiger partial charge on any atom is 0.306 e. The Morgan fingerprint density at radius 3 is 2.17 bits per heavy atom. The van der Waals surface area contributed by atoms with Gasteiger partial charge in [-0.15, -0.1) is 23.5 Å². The van der Waals surface area contributed by atoms with Gasteiger partial charge in [0.1, 0.15) is 0 Å². The van der Waals surface area contributed by atoms with Crippen LogP contribution in [0.25, 0.3) is 0 Å². The van der Waals surface area contributed by atoms with Gasteiger partial charge in [0, 0.05) is 23.1 Å². The van der Waals surface area contributed by atoms with E-state index in [0.29, 0.717) is 23.0 Å². The van der Waals surface area contributed by atoms with Crippen LogP contribution in [-0.2, 0) is 4.79 Å². The molecule has 0 atom stereocenters. The van der Waals surface area contributed by atoms with Gasteiger partial charge < -0.3 is 10.4 Å². The molecule has 0 radical (unpaired) electrons. The predicted molar refractivity (Wildman–Crippen MR) is 94.9 cm³/mol. The number of carbonyl (C=O) groups excluding carboxylic acids is 1. The van der Waals surface area contributed by atoms with E-state index in [1.165, 1.54) is 17.1 Å². The summed E-state index contributed by atoms with van der Waals surface area (Å²) in [6.45, 7) is 0. The standard InChI is InChI=1S/C17H21NO3S2/c19-15(18-14-7-5-12(6-8-14)16(20)21)11-1-3-13(4-2-11)17-22-9-10-23-17/h1-4,12,14,17H,5-10H2,(H,18,19)(H,20,21). The number of thioether (sulfide) groups is 2. The Labute approximate surface area is 144 Å². The van der Waals surface area contributed by atoms with Crippen LogP contribution in [0.15, 0.2) is 24.3 Å². The lowest BCUT2D eigenvalue weighted by atomic mass is 9.86. The Morgan fingerprint density at radius 2 is 1.61 bits per heavy atom. The number of nitrogens with one attached hydrogen (secondary N) is 1. The van der Waals surface area contributed by atoms with Gasteiger partial charge in [-0.2, -0.15) is 0 Å². The summed E-state index contributed by atoms with van der Waals surface area (Å²) in [6, 6.07) is 7.98. The second-order valence-electron chi connectivity index (χ2n) is 6.06. The first-order chi connectivity index (χ1) is 11.1. The van der Waals surface area contributed by atoms with Crippen LogP contribution in [0, 0.1) is 5.92 Å². The molecule has 6 heteroatoms. The highest BCUT2D eigenvalue weighted by Crippen LogP contribution is 2.45. The van der Waals surface area contributed by atoms with E-state index in [1.54, 1.807) is 0 Å². The van der Waals surface area contributed by atoms with Gasteiger partial charge >= 0.3 is 5.97 Å². The van der Waals surface area contributed by atoms with Crippen molar-refractivity contribution in [2.45, 2.75) is 36.3 Å². The Kier molecular flexibility index (Phi) is 5.54. The van der Waals surface area contributed by atoms with Crippen LogP contribution < -0.4 is 5.32 Å². The molecule has 4 nitrogen and oxygen atoms in total. The predicted octanol–water partition coefficient (Wildman–Crippen LogP) is 3.54. The number of hydrogen-bond donors (Lipinski definition) is 2. The smallest absolute Gasteiger partial charge is 0.306 e. The summed E-state index contributed by atoms with van der Waals surface area (Å²) in [5.41, 5.74) is 1.96. The maximum absolute atomic E-state index is 12.3. The monoisotopic (exact) mass is 351 g/mol. The molecule has 124 valence electrons. The molecule has 23 heavy (non-hydrogen) atoms. The Balaban J connectivity index is 1.53. The number of amides is 1. The molecular formula is C17H21NO3S2. The second kappa shape index (κ2) is 7.62. The Morgan fingerprint density at radius 1 is 1.00 bits per heavy atom. The quantitative estimate of drug-likeness (QED) is 0.868. The number of rotatable bonds is 4. The van der Waals surface area contributed by atoms with Gasteiger partial charge in [0.25, 0.3) is 5.91 Å². The number of carboxylic acids is 1. The number of carbonyl (C=O) groups is 2. The van der Waals surface area contributed by atoms with E-state index in [-0.39, 0.29) is 17.9 Å². The van der Waals surface area contributed by atoms with Gasteiger partial charge in [0.05, 0.1) is 10.5 Å². The summed E-state index contributed by atoms with van der Waals surface area (Å²) >= 11 is 3.91. The highest BCUT2D eigenvalue weighted by Gasteiger charge is 2.27. The van der Waals surface area contributed by atoms with E-state index < -0.39 is 5.97 Å². The van der Waals surface area contributed by atoms with Gasteiger partial charge in [-0.05, 0) is 43.4 Å². The molecule has 2 aliphatic rings. The van der Waals surface area contributed by atoms with Crippen LogP contribution in [-0.4, -0.2) is 34.5 Å². The van der Waals surface area contributed by atoms with Crippen molar-refractivity contribution >= 4 is 35.4 Å². The molecule has 1 aliphatic carbocycles. The second-order valence-corrected chi connectivity index (χ2v) is 8.78. The van der Waals surface area contributed by atoms with Crippen molar-refractivity contribution in [1.29, 1.82) is 0 Å². The third-order valence-corrected chi connectivity index (χ3v) is 7.58. The minimum atomic E-state index is -0.715. The van der Waals surface area contributed by atoms with Gasteiger partial charge in [-0.3, -0.25) is 9.59 Å². The zero-order chi connectivity index (χ0) is 16.2. The van der Waals surface area contributed by atoms with Crippen molar-refractivity contribution < 1.29 is 14.7 Å². The van der Waals surface area contributed by atoms with E-state index in [1.807, 2.05) is 47.8 Å². The summed E-state index contributed by atoms with van der Waals surface area (Å²) in [6.07, 6.45) is 2.79. The summed E-state index contributed by atoms with van der Waals surface area (Å²) in [5, 5.41) is 12.1. The highest BCUT2D eigenvalue weighted by molar-refractivity contribution is 8.19. The molecule has 0 spiro atoms. The van der Waals surface area contributed by atoms with Crippen molar-refractivity contribution in [2.75, 3.05) is 11.5 Å². The Hall–Kier alpha value is -1.14. The summed E-state index contributed by atoms with van der Waals surface area (Å²) < 4.78 is 0.499. The minimum absolute atomic E-state index is 0.0537. The molecule has 1 saturated carbocycles. The fraction of sp³-hybridized carbons (Fsp3) is 0.529. The summed E-state index contributed by atoms with van der Waals surface area (Å²) in [5.74, 6) is 1.37. The average molecular weight is 351 g/mol. The largest absolute Gasteiger partial charge is 0.481 e. The zero-order valence-corrected chi connectivity index (χ0v) is 14.5. The normalized spacial score (nSPS) is 25.2. The molecule has 1 saturated heterocycles. The first-order valence-electron chi connectivity index (χ1n) is 8.00. The number of benzene rings is 1. The summed E-state index contributed by atoms with van der Waals surface area (Å²) in [4.78, 5) is 23.3. The average Bonchev–Trinajstić information content (AvgIpc) is 3.10. The van der Waals surface area contributed by atoms with Crippen LogP contribution >= 0.6 is 23.5 Å². The molecule has 1 aromatic rings. The van der Waals surface area contributed by atoms with Gasteiger partial charge in [0.15, 0.2) is 0 Å². The molecule has 3 rings (SSSR count). The van der Waals surface area contributed by atoms with Crippen LogP contribution in [0.5, 0.6) is 0 Å². The minimum Gasteiger partial charge on any atom is -0.481 e. The third-order valence-electron chi connectivity index (χ3n) is 4.48. The van der Waals surface area contributed by atoms with E-state index in [2.05, 4.69) is 5.32 Å². The fourth-order valence-corrected chi connectivity index (χ4v) is 5.96. The maximum atomic E-state index is 12.3. The molecular weight excluding hydrogens is 330 g/mol. The van der Waals surface area contributed by atoms with Crippen LogP contribution in [0.4, 0.5) is 0 Å². The van der Waals surface area contributed by atoms with Crippen molar-refractivity contribution in [1.82, 2.24) is 5.32 Å². The topological polar surface area (TPSA) is 66.4 Å². The lowest BCUT2D eigenvalue weighted by molar-refractivity contribution is -0.142. The molecule has 2 N–H and O–H groups in total. The molecule has 1 aliphatic heterocycles. The van der Waals surface area contributed by atoms with Crippen molar-refractivity contribution in [3.8, 4) is 0 Å². The van der Waals surface area contributed by atoms with Crippen LogP contribution in [0.3, 0.4) is 0 Å². The lowest BCUT2D eigenvalue weighted by Crippen LogP contribution is -2.38. The lowest BCUT2D eigenvalue weighted by Gasteiger charge is -2.26. The summed E-state index contributed by atoms with van der Waals surface area (Å²) in [7, 11) is 0. The molecule has 0 bridgehead atoms. The fourth-order valence-electron chi connectivity index (χ4n) is 3.10. The van der Waals surface area contributed by atoms with Gasteiger partial charge in [0.2, 0.25) is 0 Å². The first-order valence-corrected chi connectivity index (χ1v) is 10.1.